The van der Waals surface area contributed by atoms with Crippen molar-refractivity contribution in [3.8, 4) is 11.5 Å². The van der Waals surface area contributed by atoms with Gasteiger partial charge in [-0.3, -0.25) is 0 Å². The monoisotopic (exact) mass is 252 g/mol. The topological polar surface area (TPSA) is 56.5 Å². The van der Waals surface area contributed by atoms with Gasteiger partial charge in [-0.2, -0.15) is 0 Å². The average Bonchev–Trinajstić information content (AvgIpc) is 2.38. The summed E-state index contributed by atoms with van der Waals surface area (Å²) in [5, 5.41) is 3.31. The van der Waals surface area contributed by atoms with Gasteiger partial charge in [0.05, 0.1) is 14.2 Å². The zero-order valence-corrected chi connectivity index (χ0v) is 11.7. The smallest absolute Gasteiger partial charge is 0.123 e. The van der Waals surface area contributed by atoms with Crippen LogP contribution in [0.25, 0.3) is 0 Å². The molecule has 2 unspecified atom stereocenters. The molecule has 0 saturated heterocycles. The Labute approximate surface area is 109 Å². The predicted octanol–water partition coefficient (Wildman–Crippen LogP) is 2.09. The van der Waals surface area contributed by atoms with E-state index >= 15 is 0 Å². The van der Waals surface area contributed by atoms with E-state index < -0.39 is 0 Å². The summed E-state index contributed by atoms with van der Waals surface area (Å²) < 4.78 is 10.7. The Bertz CT molecular complexity index is 367. The second kappa shape index (κ2) is 7.24. The first kappa shape index (κ1) is 14.8. The van der Waals surface area contributed by atoms with Crippen LogP contribution >= 0.6 is 0 Å². The van der Waals surface area contributed by atoms with Crippen LogP contribution in [0.5, 0.6) is 11.5 Å². The van der Waals surface area contributed by atoms with Gasteiger partial charge in [0.2, 0.25) is 0 Å². The van der Waals surface area contributed by atoms with Crippen LogP contribution in [0.2, 0.25) is 0 Å². The molecule has 3 N–H and O–H groups in total. The lowest BCUT2D eigenvalue weighted by molar-refractivity contribution is 0.386. The zero-order valence-electron chi connectivity index (χ0n) is 11.7. The van der Waals surface area contributed by atoms with Crippen LogP contribution < -0.4 is 20.5 Å². The molecule has 0 amide bonds. The van der Waals surface area contributed by atoms with Crippen molar-refractivity contribution in [3.05, 3.63) is 23.8 Å². The molecule has 0 fully saturated rings. The molecule has 1 rings (SSSR count). The molecule has 0 aromatic heterocycles. The third kappa shape index (κ3) is 3.89. The number of nitrogens with two attached hydrogens (primary N) is 1. The maximum atomic E-state index is 5.82. The zero-order chi connectivity index (χ0) is 13.5. The first-order chi connectivity index (χ1) is 8.62. The maximum absolute atomic E-state index is 5.82. The highest BCUT2D eigenvalue weighted by Crippen LogP contribution is 2.31. The number of methoxy groups -OCH3 is 2. The van der Waals surface area contributed by atoms with Crippen molar-refractivity contribution < 1.29 is 9.47 Å². The van der Waals surface area contributed by atoms with Crippen LogP contribution in [0.4, 0.5) is 0 Å². The second-order valence-corrected chi connectivity index (χ2v) is 4.50. The highest BCUT2D eigenvalue weighted by Gasteiger charge is 2.15. The Morgan fingerprint density at radius 1 is 1.22 bits per heavy atom. The molecule has 2 atom stereocenters. The lowest BCUT2D eigenvalue weighted by Crippen LogP contribution is -2.22. The second-order valence-electron chi connectivity index (χ2n) is 4.50. The molecule has 0 aliphatic carbocycles. The SMILES string of the molecule is CNC(CCC(C)N)c1cc(OC)ccc1OC. The highest BCUT2D eigenvalue weighted by atomic mass is 16.5. The fourth-order valence-electron chi connectivity index (χ4n) is 2.00. The summed E-state index contributed by atoms with van der Waals surface area (Å²) in [5.74, 6) is 1.71. The van der Waals surface area contributed by atoms with Crippen LogP contribution in [0.1, 0.15) is 31.4 Å². The van der Waals surface area contributed by atoms with E-state index in [9.17, 15) is 0 Å². The molecular weight excluding hydrogens is 228 g/mol. The minimum absolute atomic E-state index is 0.206. The van der Waals surface area contributed by atoms with E-state index in [2.05, 4.69) is 5.32 Å². The summed E-state index contributed by atoms with van der Waals surface area (Å²) in [6.07, 6.45) is 1.93. The van der Waals surface area contributed by atoms with E-state index in [1.54, 1.807) is 14.2 Å². The quantitative estimate of drug-likeness (QED) is 0.780. The van der Waals surface area contributed by atoms with E-state index in [0.29, 0.717) is 0 Å². The Hall–Kier alpha value is -1.26. The average molecular weight is 252 g/mol. The van der Waals surface area contributed by atoms with Gasteiger partial charge < -0.3 is 20.5 Å². The number of ether oxygens (including phenoxy) is 2. The fraction of sp³-hybridized carbons (Fsp3) is 0.571. The Morgan fingerprint density at radius 2 is 1.94 bits per heavy atom. The van der Waals surface area contributed by atoms with Gasteiger partial charge in [-0.15, -0.1) is 0 Å². The van der Waals surface area contributed by atoms with Crippen molar-refractivity contribution >= 4 is 0 Å². The standard InChI is InChI=1S/C14H24N2O2/c1-10(15)5-7-13(16-2)12-9-11(17-3)6-8-14(12)18-4/h6,8-10,13,16H,5,7,15H2,1-4H3. The van der Waals surface area contributed by atoms with Gasteiger partial charge in [-0.05, 0) is 45.0 Å². The predicted molar refractivity (Wildman–Crippen MR) is 74.2 cm³/mol. The molecule has 0 aliphatic heterocycles. The molecule has 102 valence electrons. The molecule has 4 heteroatoms. The number of rotatable bonds is 7. The third-order valence-corrected chi connectivity index (χ3v) is 3.07. The van der Waals surface area contributed by atoms with E-state index in [1.807, 2.05) is 32.2 Å². The first-order valence-corrected chi connectivity index (χ1v) is 6.27. The molecule has 0 heterocycles. The first-order valence-electron chi connectivity index (χ1n) is 6.27. The van der Waals surface area contributed by atoms with Crippen LogP contribution in [-0.2, 0) is 0 Å². The minimum atomic E-state index is 0.206. The molecule has 1 aromatic rings. The van der Waals surface area contributed by atoms with E-state index in [1.165, 1.54) is 0 Å². The Kier molecular flexibility index (Phi) is 5.95. The largest absolute Gasteiger partial charge is 0.497 e. The molecule has 0 radical (unpaired) electrons. The lowest BCUT2D eigenvalue weighted by Gasteiger charge is -2.21. The van der Waals surface area contributed by atoms with Crippen molar-refractivity contribution in [2.75, 3.05) is 21.3 Å². The number of hydrogen-bond acceptors (Lipinski definition) is 4. The summed E-state index contributed by atoms with van der Waals surface area (Å²) in [6, 6.07) is 6.28. The third-order valence-electron chi connectivity index (χ3n) is 3.07. The fourth-order valence-corrected chi connectivity index (χ4v) is 2.00. The lowest BCUT2D eigenvalue weighted by atomic mass is 9.99. The normalized spacial score (nSPS) is 14.1. The Morgan fingerprint density at radius 3 is 2.44 bits per heavy atom. The van der Waals surface area contributed by atoms with E-state index in [-0.39, 0.29) is 12.1 Å². The number of nitrogens with one attached hydrogen (secondary N) is 1. The van der Waals surface area contributed by atoms with Gasteiger partial charge in [0.15, 0.2) is 0 Å². The van der Waals surface area contributed by atoms with Crippen molar-refractivity contribution in [2.24, 2.45) is 5.73 Å². The summed E-state index contributed by atoms with van der Waals surface area (Å²) in [4.78, 5) is 0. The summed E-state index contributed by atoms with van der Waals surface area (Å²) in [7, 11) is 5.30. The molecular formula is C14H24N2O2. The van der Waals surface area contributed by atoms with Crippen molar-refractivity contribution in [1.82, 2.24) is 5.32 Å². The van der Waals surface area contributed by atoms with Gasteiger partial charge in [-0.1, -0.05) is 0 Å². The van der Waals surface area contributed by atoms with Crippen molar-refractivity contribution in [1.29, 1.82) is 0 Å². The molecule has 18 heavy (non-hydrogen) atoms. The van der Waals surface area contributed by atoms with Gasteiger partial charge >= 0.3 is 0 Å². The molecule has 0 bridgehead atoms. The summed E-state index contributed by atoms with van der Waals surface area (Å²) in [5.41, 5.74) is 6.93. The van der Waals surface area contributed by atoms with Gasteiger partial charge in [-0.25, -0.2) is 0 Å². The van der Waals surface area contributed by atoms with Gasteiger partial charge in [0, 0.05) is 17.6 Å². The molecule has 4 nitrogen and oxygen atoms in total. The molecule has 1 aromatic carbocycles. The van der Waals surface area contributed by atoms with E-state index in [0.717, 1.165) is 29.9 Å². The molecule has 0 aliphatic rings. The molecule has 0 spiro atoms. The maximum Gasteiger partial charge on any atom is 0.123 e. The van der Waals surface area contributed by atoms with E-state index in [4.69, 9.17) is 15.2 Å². The minimum Gasteiger partial charge on any atom is -0.497 e. The highest BCUT2D eigenvalue weighted by molar-refractivity contribution is 5.42. The van der Waals surface area contributed by atoms with Gasteiger partial charge in [0.25, 0.3) is 0 Å². The van der Waals surface area contributed by atoms with Crippen LogP contribution in [0.3, 0.4) is 0 Å². The number of hydrogen-bond donors (Lipinski definition) is 2. The van der Waals surface area contributed by atoms with Crippen LogP contribution in [0, 0.1) is 0 Å². The summed E-state index contributed by atoms with van der Waals surface area (Å²) >= 11 is 0. The summed E-state index contributed by atoms with van der Waals surface area (Å²) in [6.45, 7) is 2.02. The van der Waals surface area contributed by atoms with Crippen LogP contribution in [-0.4, -0.2) is 27.3 Å². The number of benzene rings is 1. The van der Waals surface area contributed by atoms with Gasteiger partial charge in [0.1, 0.15) is 11.5 Å². The van der Waals surface area contributed by atoms with Crippen molar-refractivity contribution in [3.63, 3.8) is 0 Å². The molecule has 0 saturated carbocycles. The van der Waals surface area contributed by atoms with Crippen molar-refractivity contribution in [2.45, 2.75) is 31.8 Å². The Balaban J connectivity index is 2.94. The van der Waals surface area contributed by atoms with Crippen LogP contribution in [0.15, 0.2) is 18.2 Å².